The molecule has 35 nitrogen and oxygen atoms in total. The number of carbonyl (C=O) groups excluding carboxylic acids is 1. The van der Waals surface area contributed by atoms with E-state index in [0.717, 1.165) is 42.5 Å². The standard InChI is InChI=1S/C48H47Cl2N17O18S5/c1-23(54-34-21-32(56-24(2)68)33(22-36(34)85-3)64-63-31-10-8-28-29(43(31)90(82,83)84)5-4-6-37(28)87(73,74)75)55-46(58-44(49)52)53-11-12-66-13-15-67(16-14-66)48-60-45(50)59-47(61-48)57-26-7-9-30(38(19-26)88(76,77)78)62-65-42-40-25(18-39(41(42)51)89(79,80)81)17-27(20-35(40)69)86(70,71)72/h4-10,17-22,54,69H,1,11-16,51H2,2-3H3,(H,56,68)(H,70,71,72)(H,73,74,75)(H,76,77,78)(H,79,80,81)(H,82,83,84)(H3,52,53,55,58)(H,57,59,60,61)/b64-63+,65-62+. The Hall–Kier alpha value is -8.91. The molecular weight excluding hydrogens is 1330 g/mol. The number of amides is 1. The number of aromatic hydroxyl groups is 1. The Labute approximate surface area is 520 Å². The lowest BCUT2D eigenvalue weighted by Gasteiger charge is -2.34. The van der Waals surface area contributed by atoms with Gasteiger partial charge in [0.25, 0.3) is 50.6 Å². The molecule has 0 unspecified atom stereocenters. The minimum atomic E-state index is -5.16. The van der Waals surface area contributed by atoms with Crippen LogP contribution in [0.25, 0.3) is 21.5 Å². The highest BCUT2D eigenvalue weighted by Gasteiger charge is 2.28. The minimum Gasteiger partial charge on any atom is -0.507 e. The van der Waals surface area contributed by atoms with E-state index in [0.29, 0.717) is 44.9 Å². The van der Waals surface area contributed by atoms with Crippen LogP contribution in [-0.4, -0.2) is 153 Å². The SMILES string of the molecule is C=C(/N=C(\N=C(/N)Cl)NCCN1CCN(c2nc(Cl)nc(Nc3ccc(/N=N/c4c(N)c(S(=O)(=O)O)cc5cc(S(=O)(=O)O)cc(O)c45)c(S(=O)(=O)O)c3)n2)CC1)Nc1cc(NC(C)=O)c(/N=N/c2ccc3c(S(=O)(=O)O)cccc3c2S(=O)(=O)O)cc1OC. The number of rotatable bonds is 20. The number of nitrogens with zero attached hydrogens (tertiary/aromatic N) is 11. The van der Waals surface area contributed by atoms with Crippen LogP contribution >= 0.6 is 23.2 Å². The molecule has 90 heavy (non-hydrogen) atoms. The smallest absolute Gasteiger partial charge is 0.297 e. The molecule has 1 aliphatic heterocycles. The lowest BCUT2D eigenvalue weighted by molar-refractivity contribution is -0.114. The number of phenolic OH excluding ortho intramolecular Hbond substituents is 1. The molecule has 0 aliphatic carbocycles. The third kappa shape index (κ3) is 16.1. The van der Waals surface area contributed by atoms with Gasteiger partial charge in [0.2, 0.25) is 29.0 Å². The van der Waals surface area contributed by atoms with Crippen LogP contribution in [0.5, 0.6) is 11.5 Å². The summed E-state index contributed by atoms with van der Waals surface area (Å²) in [5, 5.41) is 35.7. The molecule has 7 aromatic rings. The molecule has 1 saturated heterocycles. The number of guanidine groups is 1. The van der Waals surface area contributed by atoms with Gasteiger partial charge >= 0.3 is 0 Å². The quantitative estimate of drug-likeness (QED) is 0.0102. The fraction of sp³-hybridized carbons (Fsp3) is 0.167. The van der Waals surface area contributed by atoms with Gasteiger partial charge in [-0.2, -0.15) is 67.0 Å². The molecule has 42 heteroatoms. The molecule has 0 spiro atoms. The number of benzene rings is 6. The molecule has 0 radical (unpaired) electrons. The van der Waals surface area contributed by atoms with Crippen molar-refractivity contribution in [2.45, 2.75) is 31.4 Å². The molecule has 1 fully saturated rings. The number of ether oxygens (including phenoxy) is 1. The van der Waals surface area contributed by atoms with Crippen molar-refractivity contribution in [2.75, 3.05) is 73.0 Å². The molecule has 1 aromatic heterocycles. The van der Waals surface area contributed by atoms with Gasteiger partial charge in [0.15, 0.2) is 5.29 Å². The highest BCUT2D eigenvalue weighted by Crippen LogP contribution is 2.45. The monoisotopic (exact) mass is 1380 g/mol. The van der Waals surface area contributed by atoms with Crippen LogP contribution in [0.15, 0.2) is 146 Å². The normalized spacial score (nSPS) is 14.2. The number of phenols is 1. The summed E-state index contributed by atoms with van der Waals surface area (Å²) in [6.07, 6.45) is 0. The van der Waals surface area contributed by atoms with Crippen molar-refractivity contribution in [1.29, 1.82) is 0 Å². The van der Waals surface area contributed by atoms with Crippen LogP contribution in [0.2, 0.25) is 5.28 Å². The topological polar surface area (TPSA) is 538 Å². The van der Waals surface area contributed by atoms with Gasteiger partial charge in [-0.3, -0.25) is 32.5 Å². The molecule has 6 aromatic carbocycles. The average molecular weight is 1380 g/mol. The van der Waals surface area contributed by atoms with E-state index in [2.05, 4.69) is 78.1 Å². The number of fused-ring (bicyclic) bond motifs is 2. The number of aromatic nitrogens is 3. The molecule has 0 atom stereocenters. The average Bonchev–Trinajstić information content (AvgIpc) is 0.767. The first-order valence-electron chi connectivity index (χ1n) is 24.9. The number of nitrogens with two attached hydrogens (primary N) is 2. The second kappa shape index (κ2) is 26.3. The first-order valence-corrected chi connectivity index (χ1v) is 32.9. The van der Waals surface area contributed by atoms with Crippen LogP contribution in [0.1, 0.15) is 6.92 Å². The third-order valence-corrected chi connectivity index (χ3v) is 17.3. The Morgan fingerprint density at radius 3 is 1.99 bits per heavy atom. The Morgan fingerprint density at radius 1 is 0.711 bits per heavy atom. The minimum absolute atomic E-state index is 0.000864. The van der Waals surface area contributed by atoms with Crippen molar-refractivity contribution >= 4 is 170 Å². The summed E-state index contributed by atoms with van der Waals surface area (Å²) >= 11 is 12.3. The van der Waals surface area contributed by atoms with E-state index >= 15 is 0 Å². The van der Waals surface area contributed by atoms with E-state index < -0.39 is 126 Å². The lowest BCUT2D eigenvalue weighted by Crippen LogP contribution is -2.49. The zero-order chi connectivity index (χ0) is 66.0. The maximum atomic E-state index is 12.7. The zero-order valence-electron chi connectivity index (χ0n) is 45.9. The number of hydrogen-bond acceptors (Lipinski definition) is 26. The van der Waals surface area contributed by atoms with E-state index in [-0.39, 0.29) is 74.8 Å². The lowest BCUT2D eigenvalue weighted by atomic mass is 10.1. The van der Waals surface area contributed by atoms with E-state index in [4.69, 9.17) is 39.4 Å². The van der Waals surface area contributed by atoms with E-state index in [1.807, 2.05) is 0 Å². The number of aliphatic imine (C=N–C) groups is 2. The molecule has 8 rings (SSSR count). The molecule has 476 valence electrons. The highest BCUT2D eigenvalue weighted by molar-refractivity contribution is 7.87. The molecule has 1 aliphatic rings. The number of nitrogen functional groups attached to an aromatic ring is 1. The van der Waals surface area contributed by atoms with Crippen LogP contribution in [0.4, 0.5) is 57.4 Å². The predicted octanol–water partition coefficient (Wildman–Crippen LogP) is 6.10. The van der Waals surface area contributed by atoms with Gasteiger partial charge in [-0.1, -0.05) is 24.8 Å². The summed E-state index contributed by atoms with van der Waals surface area (Å²) in [6, 6.07) is 13.4. The van der Waals surface area contributed by atoms with Crippen molar-refractivity contribution in [3.05, 3.63) is 96.5 Å². The number of hydrogen-bond donors (Lipinski definition) is 12. The van der Waals surface area contributed by atoms with Gasteiger partial charge in [0.1, 0.15) is 59.7 Å². The number of methoxy groups -OCH3 is 1. The van der Waals surface area contributed by atoms with Crippen LogP contribution in [-0.2, 0) is 55.4 Å². The molecule has 0 saturated carbocycles. The Morgan fingerprint density at radius 2 is 1.37 bits per heavy atom. The van der Waals surface area contributed by atoms with Crippen molar-refractivity contribution in [2.24, 2.45) is 36.2 Å². The summed E-state index contributed by atoms with van der Waals surface area (Å²) in [6.45, 7) is 7.35. The van der Waals surface area contributed by atoms with Gasteiger partial charge in [0, 0.05) is 74.8 Å². The Bertz CT molecular complexity index is 4840. The van der Waals surface area contributed by atoms with Gasteiger partial charge in [-0.05, 0) is 77.1 Å². The summed E-state index contributed by atoms with van der Waals surface area (Å²) in [4.78, 5) is 33.1. The van der Waals surface area contributed by atoms with Gasteiger partial charge in [-0.15, -0.1) is 20.5 Å². The third-order valence-electron chi connectivity index (χ3n) is 12.6. The van der Waals surface area contributed by atoms with Crippen molar-refractivity contribution in [3.8, 4) is 11.5 Å². The van der Waals surface area contributed by atoms with Crippen molar-refractivity contribution in [3.63, 3.8) is 0 Å². The first-order chi connectivity index (χ1) is 42.0. The zero-order valence-corrected chi connectivity index (χ0v) is 51.5. The number of anilines is 6. The predicted molar refractivity (Wildman–Crippen MR) is 328 cm³/mol. The van der Waals surface area contributed by atoms with Gasteiger partial charge < -0.3 is 47.5 Å². The maximum Gasteiger partial charge on any atom is 0.297 e. The molecule has 1 amide bonds. The van der Waals surface area contributed by atoms with Crippen molar-refractivity contribution < 1.29 is 79.5 Å². The van der Waals surface area contributed by atoms with Crippen LogP contribution in [0, 0.1) is 0 Å². The van der Waals surface area contributed by atoms with Gasteiger partial charge in [-0.25, -0.2) is 0 Å². The summed E-state index contributed by atoms with van der Waals surface area (Å²) in [5.74, 6) is -1.63. The molecule has 2 heterocycles. The van der Waals surface area contributed by atoms with Crippen LogP contribution < -0.4 is 42.4 Å². The second-order valence-electron chi connectivity index (χ2n) is 18.7. The number of carbonyl (C=O) groups is 1. The van der Waals surface area contributed by atoms with E-state index in [1.165, 1.54) is 38.3 Å². The van der Waals surface area contributed by atoms with E-state index in [9.17, 15) is 74.8 Å². The fourth-order valence-electron chi connectivity index (χ4n) is 8.78. The van der Waals surface area contributed by atoms with E-state index in [1.54, 1.807) is 4.90 Å². The number of piperazine rings is 1. The largest absolute Gasteiger partial charge is 0.507 e. The second-order valence-corrected chi connectivity index (χ2v) is 26.4. The number of halogens is 2. The van der Waals surface area contributed by atoms with Crippen LogP contribution in [0.3, 0.4) is 0 Å². The summed E-state index contributed by atoms with van der Waals surface area (Å²) < 4.78 is 178. The first kappa shape index (κ1) is 67.0. The number of nitrogens with one attached hydrogen (secondary N) is 4. The number of azo groups is 2. The molecule has 0 bridgehead atoms. The molecule has 14 N–H and O–H groups in total. The van der Waals surface area contributed by atoms with Gasteiger partial charge in [0.05, 0.1) is 34.5 Å². The number of amidine groups is 1. The summed E-state index contributed by atoms with van der Waals surface area (Å²) in [5.41, 5.74) is 9.19. The maximum absolute atomic E-state index is 12.7. The van der Waals surface area contributed by atoms with Crippen molar-refractivity contribution in [1.82, 2.24) is 25.2 Å². The fourth-order valence-corrected chi connectivity index (χ4v) is 12.4. The Kier molecular flexibility index (Phi) is 19.6. The Balaban J connectivity index is 0.931. The molecular formula is C48H47Cl2N17O18S5. The summed E-state index contributed by atoms with van der Waals surface area (Å²) in [7, 11) is -23.9. The highest BCUT2D eigenvalue weighted by atomic mass is 35.5.